The molecule has 1 heterocycles. The van der Waals surface area contributed by atoms with Crippen molar-refractivity contribution >= 4 is 0 Å². The first-order chi connectivity index (χ1) is 16.1. The minimum Gasteiger partial charge on any atom is -0.487 e. The Morgan fingerprint density at radius 1 is 1.09 bits per heavy atom. The summed E-state index contributed by atoms with van der Waals surface area (Å²) in [6.07, 6.45) is 8.74. The maximum Gasteiger partial charge on any atom is 0.134 e. The van der Waals surface area contributed by atoms with Crippen LogP contribution in [0.4, 0.5) is 0 Å². The number of aliphatic hydroxyl groups is 1. The standard InChI is InChI=1S/C28H33N3O2/c1-28-14-13-24-23-10-8-22(15-20(23)7-9-25(24)26(28)11-12-27(28)32)33-18-21-17-31(30-29-21)16-19-5-3-2-4-6-19/h2-6,8,10,15,17,24-27,32H,7,9,11-14,16,18H2,1H3/t24-,25-,26+,27+,28-/m1/s1. The Labute approximate surface area is 195 Å². The molecule has 3 aliphatic carbocycles. The normalized spacial score (nSPS) is 30.4. The van der Waals surface area contributed by atoms with E-state index in [9.17, 15) is 5.11 Å². The summed E-state index contributed by atoms with van der Waals surface area (Å²) in [7, 11) is 0. The van der Waals surface area contributed by atoms with Crippen molar-refractivity contribution in [3.8, 4) is 5.75 Å². The van der Waals surface area contributed by atoms with Gasteiger partial charge in [-0.3, -0.25) is 0 Å². The molecule has 0 aliphatic heterocycles. The van der Waals surface area contributed by atoms with E-state index in [1.165, 1.54) is 36.0 Å². The largest absolute Gasteiger partial charge is 0.487 e. The fraction of sp³-hybridized carbons (Fsp3) is 0.500. The average Bonchev–Trinajstić information content (AvgIpc) is 3.41. The summed E-state index contributed by atoms with van der Waals surface area (Å²) in [6.45, 7) is 3.48. The van der Waals surface area contributed by atoms with Crippen LogP contribution in [0.2, 0.25) is 0 Å². The summed E-state index contributed by atoms with van der Waals surface area (Å²) in [5.41, 5.74) is 5.16. The molecule has 0 unspecified atom stereocenters. The molecule has 0 saturated heterocycles. The topological polar surface area (TPSA) is 60.2 Å². The molecule has 2 saturated carbocycles. The summed E-state index contributed by atoms with van der Waals surface area (Å²) in [6, 6.07) is 17.0. The Morgan fingerprint density at radius 2 is 1.97 bits per heavy atom. The highest BCUT2D eigenvalue weighted by Crippen LogP contribution is 2.60. The van der Waals surface area contributed by atoms with Crippen LogP contribution >= 0.6 is 0 Å². The molecule has 2 aromatic carbocycles. The molecular formula is C28H33N3O2. The number of aromatic nitrogens is 3. The summed E-state index contributed by atoms with van der Waals surface area (Å²) < 4.78 is 7.97. The molecule has 3 aromatic rings. The average molecular weight is 444 g/mol. The lowest BCUT2D eigenvalue weighted by Crippen LogP contribution is -2.43. The number of aliphatic hydroxyl groups excluding tert-OH is 1. The number of hydrogen-bond acceptors (Lipinski definition) is 4. The fourth-order valence-electron chi connectivity index (χ4n) is 7.03. The molecule has 5 nitrogen and oxygen atoms in total. The van der Waals surface area contributed by atoms with Gasteiger partial charge in [0.25, 0.3) is 0 Å². The number of ether oxygens (including phenoxy) is 1. The molecule has 0 amide bonds. The van der Waals surface area contributed by atoms with Crippen LogP contribution in [0.5, 0.6) is 5.75 Å². The summed E-state index contributed by atoms with van der Waals surface area (Å²) >= 11 is 0. The molecule has 6 rings (SSSR count). The first-order valence-corrected chi connectivity index (χ1v) is 12.5. The number of aryl methyl sites for hydroxylation is 1. The first-order valence-electron chi connectivity index (χ1n) is 12.5. The lowest BCUT2D eigenvalue weighted by atomic mass is 9.55. The van der Waals surface area contributed by atoms with E-state index in [-0.39, 0.29) is 11.5 Å². The highest BCUT2D eigenvalue weighted by Gasteiger charge is 2.54. The van der Waals surface area contributed by atoms with Gasteiger partial charge in [-0.2, -0.15) is 0 Å². The summed E-state index contributed by atoms with van der Waals surface area (Å²) in [5.74, 6) is 2.96. The minimum absolute atomic E-state index is 0.105. The second-order valence-electron chi connectivity index (χ2n) is 10.6. The molecule has 5 atom stereocenters. The monoisotopic (exact) mass is 443 g/mol. The molecule has 0 spiro atoms. The van der Waals surface area contributed by atoms with Gasteiger partial charge in [-0.05, 0) is 90.5 Å². The van der Waals surface area contributed by atoms with Gasteiger partial charge in [0.2, 0.25) is 0 Å². The molecule has 2 fully saturated rings. The van der Waals surface area contributed by atoms with Crippen LogP contribution in [0.3, 0.4) is 0 Å². The predicted molar refractivity (Wildman–Crippen MR) is 127 cm³/mol. The fourth-order valence-corrected chi connectivity index (χ4v) is 7.03. The molecule has 172 valence electrons. The van der Waals surface area contributed by atoms with Crippen molar-refractivity contribution in [2.75, 3.05) is 0 Å². The van der Waals surface area contributed by atoms with Crippen LogP contribution in [-0.2, 0) is 19.6 Å². The Balaban J connectivity index is 1.12. The SMILES string of the molecule is C[C@@]12CC[C@@H]3c4ccc(OCc5cn(Cc6ccccc6)nn5)cc4CC[C@H]3[C@@H]1CC[C@@H]2O. The Bertz CT molecular complexity index is 1130. The van der Waals surface area contributed by atoms with Gasteiger partial charge in [-0.1, -0.05) is 48.5 Å². The van der Waals surface area contributed by atoms with Crippen molar-refractivity contribution in [2.24, 2.45) is 17.3 Å². The molecule has 5 heteroatoms. The zero-order valence-electron chi connectivity index (χ0n) is 19.4. The van der Waals surface area contributed by atoms with Gasteiger partial charge in [-0.25, -0.2) is 4.68 Å². The zero-order chi connectivity index (χ0) is 22.4. The number of nitrogens with zero attached hydrogens (tertiary/aromatic N) is 3. The smallest absolute Gasteiger partial charge is 0.134 e. The maximum atomic E-state index is 10.6. The van der Waals surface area contributed by atoms with Crippen molar-refractivity contribution in [1.29, 1.82) is 0 Å². The van der Waals surface area contributed by atoms with E-state index in [0.717, 1.165) is 36.6 Å². The van der Waals surface area contributed by atoms with Gasteiger partial charge < -0.3 is 9.84 Å². The van der Waals surface area contributed by atoms with Crippen LogP contribution in [-0.4, -0.2) is 26.2 Å². The Morgan fingerprint density at radius 3 is 2.85 bits per heavy atom. The van der Waals surface area contributed by atoms with Crippen molar-refractivity contribution in [2.45, 2.75) is 70.6 Å². The third-order valence-electron chi connectivity index (χ3n) is 8.81. The molecule has 0 radical (unpaired) electrons. The molecule has 1 aromatic heterocycles. The molecule has 33 heavy (non-hydrogen) atoms. The molecule has 1 N–H and O–H groups in total. The minimum atomic E-state index is -0.105. The van der Waals surface area contributed by atoms with E-state index in [1.54, 1.807) is 0 Å². The highest BCUT2D eigenvalue weighted by molar-refractivity contribution is 5.40. The van der Waals surface area contributed by atoms with Crippen LogP contribution in [0.25, 0.3) is 0 Å². The predicted octanol–water partition coefficient (Wildman–Crippen LogP) is 5.12. The summed E-state index contributed by atoms with van der Waals surface area (Å²) in [4.78, 5) is 0. The quantitative estimate of drug-likeness (QED) is 0.594. The van der Waals surface area contributed by atoms with E-state index in [2.05, 4.69) is 47.6 Å². The Hall–Kier alpha value is -2.66. The Kier molecular flexibility index (Phi) is 5.25. The third kappa shape index (κ3) is 3.76. The van der Waals surface area contributed by atoms with Crippen molar-refractivity contribution in [3.63, 3.8) is 0 Å². The van der Waals surface area contributed by atoms with Crippen LogP contribution in [0, 0.1) is 17.3 Å². The van der Waals surface area contributed by atoms with E-state index in [0.29, 0.717) is 25.0 Å². The van der Waals surface area contributed by atoms with E-state index >= 15 is 0 Å². The third-order valence-corrected chi connectivity index (χ3v) is 8.81. The summed E-state index contributed by atoms with van der Waals surface area (Å²) in [5, 5.41) is 19.1. The lowest BCUT2D eigenvalue weighted by Gasteiger charge is -2.50. The van der Waals surface area contributed by atoms with Gasteiger partial charge in [0.05, 0.1) is 18.8 Å². The van der Waals surface area contributed by atoms with Gasteiger partial charge in [0, 0.05) is 0 Å². The van der Waals surface area contributed by atoms with Crippen LogP contribution in [0.1, 0.15) is 67.3 Å². The zero-order valence-corrected chi connectivity index (χ0v) is 19.4. The van der Waals surface area contributed by atoms with Crippen molar-refractivity contribution in [1.82, 2.24) is 15.0 Å². The van der Waals surface area contributed by atoms with Gasteiger partial charge >= 0.3 is 0 Å². The number of rotatable bonds is 5. The molecular weight excluding hydrogens is 410 g/mol. The second kappa shape index (κ2) is 8.28. The van der Waals surface area contributed by atoms with E-state index in [4.69, 9.17) is 4.74 Å². The highest BCUT2D eigenvalue weighted by atomic mass is 16.5. The van der Waals surface area contributed by atoms with E-state index in [1.807, 2.05) is 29.1 Å². The maximum absolute atomic E-state index is 10.6. The van der Waals surface area contributed by atoms with Gasteiger partial charge in [-0.15, -0.1) is 5.10 Å². The number of fused-ring (bicyclic) bond motifs is 5. The van der Waals surface area contributed by atoms with Crippen LogP contribution in [0.15, 0.2) is 54.7 Å². The lowest BCUT2D eigenvalue weighted by molar-refractivity contribution is -0.0226. The van der Waals surface area contributed by atoms with Crippen molar-refractivity contribution in [3.05, 3.63) is 77.1 Å². The first kappa shape index (κ1) is 20.9. The van der Waals surface area contributed by atoms with E-state index < -0.39 is 0 Å². The number of hydrogen-bond donors (Lipinski definition) is 1. The molecule has 3 aliphatic rings. The van der Waals surface area contributed by atoms with Gasteiger partial charge in [0.1, 0.15) is 18.1 Å². The molecule has 0 bridgehead atoms. The van der Waals surface area contributed by atoms with Crippen molar-refractivity contribution < 1.29 is 9.84 Å². The van der Waals surface area contributed by atoms with Crippen LogP contribution < -0.4 is 4.74 Å². The number of benzene rings is 2. The second-order valence-corrected chi connectivity index (χ2v) is 10.6. The van der Waals surface area contributed by atoms with Gasteiger partial charge in [0.15, 0.2) is 0 Å².